The van der Waals surface area contributed by atoms with Crippen molar-refractivity contribution in [1.82, 2.24) is 4.98 Å². The average Bonchev–Trinajstić information content (AvgIpc) is 2.38. The van der Waals surface area contributed by atoms with E-state index in [4.69, 9.17) is 4.74 Å². The summed E-state index contributed by atoms with van der Waals surface area (Å²) in [7, 11) is 0. The standard InChI is InChI=1S/C12H10N2O3/c15-14(16)12-6-2-1-4-10(12)9-17-11-5-3-7-13-8-11/h1-8H,9H2. The molecule has 0 aliphatic carbocycles. The predicted molar refractivity (Wildman–Crippen MR) is 61.7 cm³/mol. The second kappa shape index (κ2) is 5.07. The van der Waals surface area contributed by atoms with Crippen molar-refractivity contribution in [1.29, 1.82) is 0 Å². The van der Waals surface area contributed by atoms with Crippen LogP contribution in [0.25, 0.3) is 0 Å². The van der Waals surface area contributed by atoms with Crippen LogP contribution in [0.2, 0.25) is 0 Å². The minimum Gasteiger partial charge on any atom is -0.487 e. The summed E-state index contributed by atoms with van der Waals surface area (Å²) in [6.07, 6.45) is 3.20. The van der Waals surface area contributed by atoms with Crippen LogP contribution in [-0.2, 0) is 6.61 Å². The fourth-order valence-electron chi connectivity index (χ4n) is 1.40. The van der Waals surface area contributed by atoms with Gasteiger partial charge in [-0.15, -0.1) is 0 Å². The molecule has 1 aromatic carbocycles. The van der Waals surface area contributed by atoms with Gasteiger partial charge in [-0.2, -0.15) is 0 Å². The van der Waals surface area contributed by atoms with Crippen molar-refractivity contribution in [3.05, 3.63) is 64.5 Å². The Morgan fingerprint density at radius 2 is 2.06 bits per heavy atom. The zero-order valence-corrected chi connectivity index (χ0v) is 8.95. The Hall–Kier alpha value is -2.43. The number of aromatic nitrogens is 1. The molecule has 0 bridgehead atoms. The first-order valence-electron chi connectivity index (χ1n) is 5.02. The van der Waals surface area contributed by atoms with Crippen LogP contribution in [0.4, 0.5) is 5.69 Å². The van der Waals surface area contributed by atoms with Crippen LogP contribution in [-0.4, -0.2) is 9.91 Å². The first kappa shape index (κ1) is 11.1. The van der Waals surface area contributed by atoms with Crippen molar-refractivity contribution >= 4 is 5.69 Å². The lowest BCUT2D eigenvalue weighted by molar-refractivity contribution is -0.385. The predicted octanol–water partition coefficient (Wildman–Crippen LogP) is 2.57. The van der Waals surface area contributed by atoms with Gasteiger partial charge in [0.1, 0.15) is 12.4 Å². The molecule has 0 saturated heterocycles. The van der Waals surface area contributed by atoms with E-state index in [-0.39, 0.29) is 12.3 Å². The van der Waals surface area contributed by atoms with Crippen LogP contribution in [0.5, 0.6) is 5.75 Å². The molecule has 1 heterocycles. The second-order valence-corrected chi connectivity index (χ2v) is 3.36. The molecule has 5 heteroatoms. The topological polar surface area (TPSA) is 65.3 Å². The first-order chi connectivity index (χ1) is 8.27. The normalized spacial score (nSPS) is 9.88. The Morgan fingerprint density at radius 3 is 2.76 bits per heavy atom. The van der Waals surface area contributed by atoms with Gasteiger partial charge >= 0.3 is 0 Å². The van der Waals surface area contributed by atoms with Gasteiger partial charge in [-0.3, -0.25) is 15.1 Å². The number of nitrogens with zero attached hydrogens (tertiary/aromatic N) is 2. The molecule has 0 amide bonds. The number of rotatable bonds is 4. The molecular formula is C12H10N2O3. The summed E-state index contributed by atoms with van der Waals surface area (Å²) in [6.45, 7) is 0.156. The zero-order chi connectivity index (χ0) is 12.1. The number of para-hydroxylation sites is 1. The number of ether oxygens (including phenoxy) is 1. The maximum atomic E-state index is 10.8. The Morgan fingerprint density at radius 1 is 1.24 bits per heavy atom. The summed E-state index contributed by atoms with van der Waals surface area (Å²) in [6, 6.07) is 10.0. The van der Waals surface area contributed by atoms with Gasteiger partial charge in [0.05, 0.1) is 16.7 Å². The highest BCUT2D eigenvalue weighted by atomic mass is 16.6. The number of hydrogen-bond acceptors (Lipinski definition) is 4. The molecule has 0 N–H and O–H groups in total. The van der Waals surface area contributed by atoms with Gasteiger partial charge in [0.25, 0.3) is 5.69 Å². The van der Waals surface area contributed by atoms with Gasteiger partial charge in [0, 0.05) is 12.3 Å². The van der Waals surface area contributed by atoms with Gasteiger partial charge in [0.2, 0.25) is 0 Å². The highest BCUT2D eigenvalue weighted by molar-refractivity contribution is 5.39. The van der Waals surface area contributed by atoms with E-state index >= 15 is 0 Å². The molecule has 0 radical (unpaired) electrons. The third-order valence-corrected chi connectivity index (χ3v) is 2.22. The summed E-state index contributed by atoms with van der Waals surface area (Å²) in [5.74, 6) is 0.589. The molecule has 17 heavy (non-hydrogen) atoms. The van der Waals surface area contributed by atoms with Crippen molar-refractivity contribution in [2.75, 3.05) is 0 Å². The molecule has 1 aromatic heterocycles. The lowest BCUT2D eigenvalue weighted by Gasteiger charge is -2.05. The molecule has 0 aliphatic rings. The van der Waals surface area contributed by atoms with E-state index in [1.165, 1.54) is 6.07 Å². The van der Waals surface area contributed by atoms with Crippen molar-refractivity contribution in [3.63, 3.8) is 0 Å². The summed E-state index contributed by atoms with van der Waals surface area (Å²) in [5, 5.41) is 10.8. The molecule has 2 rings (SSSR count). The highest BCUT2D eigenvalue weighted by Gasteiger charge is 2.12. The fourth-order valence-corrected chi connectivity index (χ4v) is 1.40. The van der Waals surface area contributed by atoms with Gasteiger partial charge in [-0.05, 0) is 18.2 Å². The Bertz CT molecular complexity index is 514. The molecule has 86 valence electrons. The third-order valence-electron chi connectivity index (χ3n) is 2.22. The largest absolute Gasteiger partial charge is 0.487 e. The molecular weight excluding hydrogens is 220 g/mol. The van der Waals surface area contributed by atoms with Crippen molar-refractivity contribution in [3.8, 4) is 5.75 Å². The van der Waals surface area contributed by atoms with Gasteiger partial charge < -0.3 is 4.74 Å². The van der Waals surface area contributed by atoms with Crippen molar-refractivity contribution < 1.29 is 9.66 Å². The van der Waals surface area contributed by atoms with Crippen LogP contribution in [0.1, 0.15) is 5.56 Å². The van der Waals surface area contributed by atoms with Gasteiger partial charge in [-0.25, -0.2) is 0 Å². The lowest BCUT2D eigenvalue weighted by atomic mass is 10.2. The fraction of sp³-hybridized carbons (Fsp3) is 0.0833. The second-order valence-electron chi connectivity index (χ2n) is 3.36. The maximum absolute atomic E-state index is 10.8. The smallest absolute Gasteiger partial charge is 0.276 e. The van der Waals surface area contributed by atoms with E-state index in [0.717, 1.165) is 0 Å². The van der Waals surface area contributed by atoms with Gasteiger partial charge in [0.15, 0.2) is 0 Å². The van der Waals surface area contributed by atoms with E-state index < -0.39 is 4.92 Å². The molecule has 0 atom stereocenters. The number of hydrogen-bond donors (Lipinski definition) is 0. The average molecular weight is 230 g/mol. The lowest BCUT2D eigenvalue weighted by Crippen LogP contribution is -2.00. The molecule has 0 aliphatic heterocycles. The minimum absolute atomic E-state index is 0.0661. The maximum Gasteiger partial charge on any atom is 0.276 e. The Kier molecular flexibility index (Phi) is 3.30. The summed E-state index contributed by atoms with van der Waals surface area (Å²) < 4.78 is 5.42. The van der Waals surface area contributed by atoms with Gasteiger partial charge in [-0.1, -0.05) is 12.1 Å². The van der Waals surface area contributed by atoms with Crippen LogP contribution >= 0.6 is 0 Å². The van der Waals surface area contributed by atoms with Crippen LogP contribution in [0.3, 0.4) is 0 Å². The molecule has 0 unspecified atom stereocenters. The number of nitro groups is 1. The Balaban J connectivity index is 2.12. The number of benzene rings is 1. The Labute approximate surface area is 97.8 Å². The van der Waals surface area contributed by atoms with E-state index in [1.54, 1.807) is 42.7 Å². The molecule has 0 fully saturated rings. The summed E-state index contributed by atoms with van der Waals surface area (Å²) in [4.78, 5) is 14.3. The molecule has 0 spiro atoms. The zero-order valence-electron chi connectivity index (χ0n) is 8.95. The number of pyridine rings is 1. The molecule has 2 aromatic rings. The number of nitro benzene ring substituents is 1. The molecule has 0 saturated carbocycles. The van der Waals surface area contributed by atoms with Crippen molar-refractivity contribution in [2.24, 2.45) is 0 Å². The summed E-state index contributed by atoms with van der Waals surface area (Å²) >= 11 is 0. The molecule has 5 nitrogen and oxygen atoms in total. The van der Waals surface area contributed by atoms with Crippen LogP contribution < -0.4 is 4.74 Å². The third kappa shape index (κ3) is 2.78. The van der Waals surface area contributed by atoms with Crippen molar-refractivity contribution in [2.45, 2.75) is 6.61 Å². The van der Waals surface area contributed by atoms with E-state index in [1.807, 2.05) is 0 Å². The van der Waals surface area contributed by atoms with E-state index in [0.29, 0.717) is 11.3 Å². The first-order valence-corrected chi connectivity index (χ1v) is 5.02. The summed E-state index contributed by atoms with van der Waals surface area (Å²) in [5.41, 5.74) is 0.609. The van der Waals surface area contributed by atoms with E-state index in [9.17, 15) is 10.1 Å². The van der Waals surface area contributed by atoms with Crippen LogP contribution in [0.15, 0.2) is 48.8 Å². The SMILES string of the molecule is O=[N+]([O-])c1ccccc1COc1cccnc1. The van der Waals surface area contributed by atoms with E-state index in [2.05, 4.69) is 4.98 Å². The minimum atomic E-state index is -0.415. The quantitative estimate of drug-likeness (QED) is 0.598. The van der Waals surface area contributed by atoms with Crippen LogP contribution in [0, 0.1) is 10.1 Å². The highest BCUT2D eigenvalue weighted by Crippen LogP contribution is 2.19. The monoisotopic (exact) mass is 230 g/mol.